The van der Waals surface area contributed by atoms with Crippen LogP contribution in [0.3, 0.4) is 0 Å². The van der Waals surface area contributed by atoms with Crippen molar-refractivity contribution in [1.29, 1.82) is 0 Å². The number of benzene rings is 2. The zero-order chi connectivity index (χ0) is 17.3. The van der Waals surface area contributed by atoms with Gasteiger partial charge in [-0.05, 0) is 48.6 Å². The molecule has 1 aliphatic heterocycles. The number of carbonyl (C=O) groups excluding carboxylic acids is 1. The standard InChI is InChI=1S/C21H25NO2/c1-13(2)12-24-20-8-6-5-7-16(20)17-11-21(23)22-19-10-15(4)14(3)9-18(17)19/h5-10,13,17H,11-12H2,1-4H3,(H,22,23). The Kier molecular flexibility index (Phi) is 4.61. The molecule has 2 aromatic rings. The van der Waals surface area contributed by atoms with Crippen LogP contribution < -0.4 is 10.1 Å². The molecule has 0 spiro atoms. The van der Waals surface area contributed by atoms with E-state index in [9.17, 15) is 4.79 Å². The number of rotatable bonds is 4. The van der Waals surface area contributed by atoms with Crippen LogP contribution in [0.5, 0.6) is 5.75 Å². The highest BCUT2D eigenvalue weighted by molar-refractivity contribution is 5.95. The van der Waals surface area contributed by atoms with Crippen LogP contribution in [0.15, 0.2) is 36.4 Å². The lowest BCUT2D eigenvalue weighted by Crippen LogP contribution is -2.24. The number of anilines is 1. The number of ether oxygens (including phenoxy) is 1. The number of aryl methyl sites for hydroxylation is 2. The Morgan fingerprint density at radius 2 is 1.83 bits per heavy atom. The monoisotopic (exact) mass is 323 g/mol. The van der Waals surface area contributed by atoms with Gasteiger partial charge in [0.25, 0.3) is 0 Å². The Balaban J connectivity index is 2.05. The summed E-state index contributed by atoms with van der Waals surface area (Å²) >= 11 is 0. The summed E-state index contributed by atoms with van der Waals surface area (Å²) in [6, 6.07) is 12.4. The summed E-state index contributed by atoms with van der Waals surface area (Å²) < 4.78 is 6.02. The van der Waals surface area contributed by atoms with Gasteiger partial charge in [-0.25, -0.2) is 0 Å². The minimum absolute atomic E-state index is 0.0383. The quantitative estimate of drug-likeness (QED) is 0.876. The molecule has 2 aromatic carbocycles. The molecule has 1 atom stereocenters. The Labute approximate surface area is 144 Å². The first-order chi connectivity index (χ1) is 11.5. The van der Waals surface area contributed by atoms with Crippen molar-refractivity contribution in [2.75, 3.05) is 11.9 Å². The second-order valence-electron chi connectivity index (χ2n) is 7.07. The minimum Gasteiger partial charge on any atom is -0.493 e. The Morgan fingerprint density at radius 1 is 1.12 bits per heavy atom. The third-order valence-corrected chi connectivity index (χ3v) is 4.57. The molecule has 1 N–H and O–H groups in total. The molecule has 24 heavy (non-hydrogen) atoms. The van der Waals surface area contributed by atoms with Crippen molar-refractivity contribution in [3.05, 3.63) is 58.7 Å². The van der Waals surface area contributed by atoms with E-state index in [1.807, 2.05) is 18.2 Å². The summed E-state index contributed by atoms with van der Waals surface area (Å²) in [7, 11) is 0. The van der Waals surface area contributed by atoms with Gasteiger partial charge >= 0.3 is 0 Å². The van der Waals surface area contributed by atoms with Crippen LogP contribution in [0.2, 0.25) is 0 Å². The molecule has 0 saturated carbocycles. The van der Waals surface area contributed by atoms with Gasteiger partial charge in [-0.2, -0.15) is 0 Å². The van der Waals surface area contributed by atoms with Crippen LogP contribution in [-0.4, -0.2) is 12.5 Å². The van der Waals surface area contributed by atoms with E-state index < -0.39 is 0 Å². The van der Waals surface area contributed by atoms with E-state index in [0.717, 1.165) is 17.0 Å². The number of carbonyl (C=O) groups is 1. The van der Waals surface area contributed by atoms with Crippen molar-refractivity contribution >= 4 is 11.6 Å². The van der Waals surface area contributed by atoms with Crippen LogP contribution in [0.1, 0.15) is 48.4 Å². The Bertz CT molecular complexity index is 764. The molecule has 126 valence electrons. The third-order valence-electron chi connectivity index (χ3n) is 4.57. The fourth-order valence-corrected chi connectivity index (χ4v) is 3.17. The molecule has 0 radical (unpaired) electrons. The molecule has 3 heteroatoms. The molecule has 3 nitrogen and oxygen atoms in total. The third kappa shape index (κ3) is 3.30. The Morgan fingerprint density at radius 3 is 2.58 bits per heavy atom. The van der Waals surface area contributed by atoms with E-state index in [1.165, 1.54) is 16.7 Å². The molecule has 1 amide bonds. The van der Waals surface area contributed by atoms with Crippen LogP contribution in [-0.2, 0) is 4.79 Å². The van der Waals surface area contributed by atoms with Gasteiger partial charge < -0.3 is 10.1 Å². The van der Waals surface area contributed by atoms with Crippen molar-refractivity contribution < 1.29 is 9.53 Å². The molecule has 0 aromatic heterocycles. The van der Waals surface area contributed by atoms with Crippen molar-refractivity contribution in [1.82, 2.24) is 0 Å². The fraction of sp³-hybridized carbons (Fsp3) is 0.381. The average Bonchev–Trinajstić information content (AvgIpc) is 2.54. The lowest BCUT2D eigenvalue weighted by molar-refractivity contribution is -0.116. The second-order valence-corrected chi connectivity index (χ2v) is 7.07. The number of para-hydroxylation sites is 1. The van der Waals surface area contributed by atoms with Gasteiger partial charge in [0.05, 0.1) is 6.61 Å². The maximum atomic E-state index is 12.2. The SMILES string of the molecule is Cc1cc2c(cc1C)C(c1ccccc1OCC(C)C)CC(=O)N2. The maximum Gasteiger partial charge on any atom is 0.225 e. The molecule has 0 bridgehead atoms. The molecule has 3 rings (SSSR count). The summed E-state index contributed by atoms with van der Waals surface area (Å²) in [6.45, 7) is 9.14. The summed E-state index contributed by atoms with van der Waals surface area (Å²) in [5, 5.41) is 3.02. The first-order valence-electron chi connectivity index (χ1n) is 8.58. The number of amides is 1. The largest absolute Gasteiger partial charge is 0.493 e. The average molecular weight is 323 g/mol. The van der Waals surface area contributed by atoms with E-state index in [0.29, 0.717) is 18.9 Å². The molecular weight excluding hydrogens is 298 g/mol. The second kappa shape index (κ2) is 6.68. The number of fused-ring (bicyclic) bond motifs is 1. The molecule has 0 fully saturated rings. The van der Waals surface area contributed by atoms with E-state index in [1.54, 1.807) is 0 Å². The molecule has 1 aliphatic rings. The van der Waals surface area contributed by atoms with E-state index in [2.05, 4.69) is 51.2 Å². The Hall–Kier alpha value is -2.29. The number of hydrogen-bond donors (Lipinski definition) is 1. The van der Waals surface area contributed by atoms with Gasteiger partial charge in [-0.1, -0.05) is 38.1 Å². The predicted octanol–water partition coefficient (Wildman–Crippen LogP) is 4.81. The van der Waals surface area contributed by atoms with Crippen LogP contribution >= 0.6 is 0 Å². The topological polar surface area (TPSA) is 38.3 Å². The summed E-state index contributed by atoms with van der Waals surface area (Å²) in [5.41, 5.74) is 5.64. The normalized spacial score (nSPS) is 16.7. The van der Waals surface area contributed by atoms with Crippen molar-refractivity contribution in [3.8, 4) is 5.75 Å². The van der Waals surface area contributed by atoms with Crippen LogP contribution in [0, 0.1) is 19.8 Å². The fourth-order valence-electron chi connectivity index (χ4n) is 3.17. The molecular formula is C21H25NO2. The van der Waals surface area contributed by atoms with Gasteiger partial charge in [-0.15, -0.1) is 0 Å². The first kappa shape index (κ1) is 16.6. The van der Waals surface area contributed by atoms with E-state index in [4.69, 9.17) is 4.74 Å². The molecule has 1 heterocycles. The highest BCUT2D eigenvalue weighted by Crippen LogP contribution is 2.41. The van der Waals surface area contributed by atoms with Gasteiger partial charge in [0.1, 0.15) is 5.75 Å². The summed E-state index contributed by atoms with van der Waals surface area (Å²) in [4.78, 5) is 12.2. The van der Waals surface area contributed by atoms with E-state index >= 15 is 0 Å². The van der Waals surface area contributed by atoms with Gasteiger partial charge in [0.2, 0.25) is 5.91 Å². The van der Waals surface area contributed by atoms with Crippen molar-refractivity contribution in [2.24, 2.45) is 5.92 Å². The molecule has 0 aliphatic carbocycles. The zero-order valence-corrected chi connectivity index (χ0v) is 14.8. The van der Waals surface area contributed by atoms with Crippen molar-refractivity contribution in [2.45, 2.75) is 40.0 Å². The van der Waals surface area contributed by atoms with E-state index in [-0.39, 0.29) is 11.8 Å². The minimum atomic E-state index is 0.0383. The van der Waals surface area contributed by atoms with Crippen LogP contribution in [0.4, 0.5) is 5.69 Å². The predicted molar refractivity (Wildman–Crippen MR) is 97.8 cm³/mol. The zero-order valence-electron chi connectivity index (χ0n) is 14.8. The first-order valence-corrected chi connectivity index (χ1v) is 8.58. The highest BCUT2D eigenvalue weighted by atomic mass is 16.5. The van der Waals surface area contributed by atoms with Gasteiger partial charge in [-0.3, -0.25) is 4.79 Å². The van der Waals surface area contributed by atoms with Gasteiger partial charge in [0, 0.05) is 23.6 Å². The highest BCUT2D eigenvalue weighted by Gasteiger charge is 2.29. The lowest BCUT2D eigenvalue weighted by Gasteiger charge is -2.28. The van der Waals surface area contributed by atoms with Crippen LogP contribution in [0.25, 0.3) is 0 Å². The van der Waals surface area contributed by atoms with Gasteiger partial charge in [0.15, 0.2) is 0 Å². The smallest absolute Gasteiger partial charge is 0.225 e. The summed E-state index contributed by atoms with van der Waals surface area (Å²) in [6.07, 6.45) is 0.456. The summed E-state index contributed by atoms with van der Waals surface area (Å²) in [5.74, 6) is 1.45. The molecule has 0 saturated heterocycles. The molecule has 1 unspecified atom stereocenters. The number of nitrogens with one attached hydrogen (secondary N) is 1. The maximum absolute atomic E-state index is 12.2. The lowest BCUT2D eigenvalue weighted by atomic mass is 9.83. The van der Waals surface area contributed by atoms with Crippen molar-refractivity contribution in [3.63, 3.8) is 0 Å². The number of hydrogen-bond acceptors (Lipinski definition) is 2.